The largest absolute Gasteiger partial charge is 0.497 e. The number of ether oxygens (including phenoxy) is 3. The van der Waals surface area contributed by atoms with Gasteiger partial charge in [0, 0.05) is 6.54 Å². The lowest BCUT2D eigenvalue weighted by Gasteiger charge is -2.18. The van der Waals surface area contributed by atoms with Crippen molar-refractivity contribution in [2.45, 2.75) is 31.3 Å². The van der Waals surface area contributed by atoms with E-state index in [-0.39, 0.29) is 22.8 Å². The van der Waals surface area contributed by atoms with Crippen LogP contribution in [0.15, 0.2) is 71.6 Å². The fourth-order valence-electron chi connectivity index (χ4n) is 3.13. The molecular formula is C25H28N2O6S. The Morgan fingerprint density at radius 1 is 1.00 bits per heavy atom. The van der Waals surface area contributed by atoms with Gasteiger partial charge in [0.1, 0.15) is 23.0 Å². The number of para-hydroxylation sites is 1. The Kier molecular flexibility index (Phi) is 8.50. The van der Waals surface area contributed by atoms with Gasteiger partial charge in [0.25, 0.3) is 0 Å². The second-order valence-corrected chi connectivity index (χ2v) is 9.05. The molecule has 3 rings (SSSR count). The zero-order valence-electron chi connectivity index (χ0n) is 19.1. The van der Waals surface area contributed by atoms with E-state index in [9.17, 15) is 13.2 Å². The second kappa shape index (κ2) is 11.5. The molecule has 0 amide bonds. The lowest BCUT2D eigenvalue weighted by Crippen LogP contribution is -2.17. The van der Waals surface area contributed by atoms with Crippen molar-refractivity contribution in [3.8, 4) is 17.2 Å². The van der Waals surface area contributed by atoms with Crippen molar-refractivity contribution < 1.29 is 27.4 Å². The summed E-state index contributed by atoms with van der Waals surface area (Å²) >= 11 is 0. The molecule has 9 heteroatoms. The van der Waals surface area contributed by atoms with Crippen LogP contribution in [0.2, 0.25) is 0 Å². The summed E-state index contributed by atoms with van der Waals surface area (Å²) in [4.78, 5) is 12.5. The molecule has 0 aliphatic heterocycles. The van der Waals surface area contributed by atoms with Crippen LogP contribution in [0.25, 0.3) is 0 Å². The van der Waals surface area contributed by atoms with Crippen LogP contribution in [0.4, 0.5) is 5.69 Å². The van der Waals surface area contributed by atoms with Gasteiger partial charge in [-0.15, -0.1) is 0 Å². The number of primary sulfonamides is 1. The van der Waals surface area contributed by atoms with Gasteiger partial charge in [-0.1, -0.05) is 43.7 Å². The first-order valence-electron chi connectivity index (χ1n) is 10.8. The number of esters is 1. The third-order valence-corrected chi connectivity index (χ3v) is 5.85. The molecule has 0 saturated carbocycles. The Hall–Kier alpha value is -3.56. The molecule has 3 aromatic carbocycles. The molecule has 3 aromatic rings. The van der Waals surface area contributed by atoms with Crippen LogP contribution in [0, 0.1) is 0 Å². The molecule has 0 aliphatic rings. The second-order valence-electron chi connectivity index (χ2n) is 7.52. The minimum absolute atomic E-state index is 0.00833. The first-order chi connectivity index (χ1) is 16.3. The quantitative estimate of drug-likeness (QED) is 0.299. The monoisotopic (exact) mass is 484 g/mol. The van der Waals surface area contributed by atoms with E-state index in [1.54, 1.807) is 55.6 Å². The van der Waals surface area contributed by atoms with E-state index in [0.717, 1.165) is 18.4 Å². The number of hydrogen-bond donors (Lipinski definition) is 2. The topological polar surface area (TPSA) is 117 Å². The molecule has 0 aromatic heterocycles. The van der Waals surface area contributed by atoms with Crippen LogP contribution < -0.4 is 19.9 Å². The van der Waals surface area contributed by atoms with Crippen LogP contribution in [-0.4, -0.2) is 28.0 Å². The van der Waals surface area contributed by atoms with Crippen molar-refractivity contribution in [2.75, 3.05) is 19.0 Å². The Bertz CT molecular complexity index is 1210. The summed E-state index contributed by atoms with van der Waals surface area (Å²) in [5.41, 5.74) is 1.13. The number of carbonyl (C=O) groups excluding carboxylic acids is 1. The molecule has 0 atom stereocenters. The first kappa shape index (κ1) is 25.1. The van der Waals surface area contributed by atoms with E-state index in [1.165, 1.54) is 12.1 Å². The molecule has 3 N–H and O–H groups in total. The number of methoxy groups -OCH3 is 1. The van der Waals surface area contributed by atoms with Gasteiger partial charge < -0.3 is 19.5 Å². The summed E-state index contributed by atoms with van der Waals surface area (Å²) in [6.07, 6.45) is 1.76. The van der Waals surface area contributed by atoms with E-state index in [4.69, 9.17) is 19.3 Å². The number of nitrogens with one attached hydrogen (secondary N) is 1. The van der Waals surface area contributed by atoms with Gasteiger partial charge in [0.05, 0.1) is 18.4 Å². The minimum atomic E-state index is -4.22. The van der Waals surface area contributed by atoms with E-state index >= 15 is 0 Å². The number of rotatable bonds is 11. The Morgan fingerprint density at radius 2 is 1.71 bits per heavy atom. The maximum absolute atomic E-state index is 12.8. The average molecular weight is 485 g/mol. The molecule has 0 heterocycles. The van der Waals surface area contributed by atoms with E-state index in [1.807, 2.05) is 13.0 Å². The molecule has 34 heavy (non-hydrogen) atoms. The van der Waals surface area contributed by atoms with E-state index < -0.39 is 16.0 Å². The molecule has 0 fully saturated rings. The van der Waals surface area contributed by atoms with Crippen molar-refractivity contribution in [3.63, 3.8) is 0 Å². The van der Waals surface area contributed by atoms with Crippen molar-refractivity contribution in [3.05, 3.63) is 77.9 Å². The first-order valence-corrected chi connectivity index (χ1v) is 12.3. The number of nitrogens with two attached hydrogens (primary N) is 1. The van der Waals surface area contributed by atoms with Crippen molar-refractivity contribution in [2.24, 2.45) is 5.14 Å². The van der Waals surface area contributed by atoms with Crippen molar-refractivity contribution in [1.82, 2.24) is 0 Å². The Balaban J connectivity index is 1.94. The van der Waals surface area contributed by atoms with Gasteiger partial charge in [-0.2, -0.15) is 0 Å². The van der Waals surface area contributed by atoms with Crippen LogP contribution in [0.3, 0.4) is 0 Å². The highest BCUT2D eigenvalue weighted by molar-refractivity contribution is 7.89. The normalized spacial score (nSPS) is 11.0. The zero-order chi connectivity index (χ0) is 24.6. The standard InChI is InChI=1S/C25H28N2O6S/c1-3-4-14-27-22-15-19(25(28)32-17-18-10-12-20(31-2)13-11-18)16-23(34(26,29)30)24(22)33-21-8-6-5-7-9-21/h5-13,15-16,27H,3-4,14,17H2,1-2H3,(H2,26,29,30). The molecule has 0 radical (unpaired) electrons. The smallest absolute Gasteiger partial charge is 0.338 e. The molecule has 0 bridgehead atoms. The number of sulfonamides is 1. The molecule has 0 spiro atoms. The predicted octanol–water partition coefficient (Wildman–Crippen LogP) is 4.70. The number of anilines is 1. The SMILES string of the molecule is CCCCNc1cc(C(=O)OCc2ccc(OC)cc2)cc(S(N)(=O)=O)c1Oc1ccccc1. The Morgan fingerprint density at radius 3 is 2.32 bits per heavy atom. The molecular weight excluding hydrogens is 456 g/mol. The summed E-state index contributed by atoms with van der Waals surface area (Å²) in [7, 11) is -2.66. The van der Waals surface area contributed by atoms with E-state index in [2.05, 4.69) is 5.32 Å². The van der Waals surface area contributed by atoms with Gasteiger partial charge in [-0.3, -0.25) is 0 Å². The van der Waals surface area contributed by atoms with Crippen LogP contribution in [0.5, 0.6) is 17.2 Å². The van der Waals surface area contributed by atoms with Crippen molar-refractivity contribution >= 4 is 21.7 Å². The molecule has 0 unspecified atom stereocenters. The third kappa shape index (κ3) is 6.72. The fraction of sp³-hybridized carbons (Fsp3) is 0.240. The summed E-state index contributed by atoms with van der Waals surface area (Å²) in [6.45, 7) is 2.59. The molecule has 0 saturated heterocycles. The van der Waals surface area contributed by atoms with Crippen LogP contribution in [0.1, 0.15) is 35.7 Å². The predicted molar refractivity (Wildman–Crippen MR) is 130 cm³/mol. The number of benzene rings is 3. The van der Waals surface area contributed by atoms with Gasteiger partial charge in [-0.05, 0) is 48.4 Å². The lowest BCUT2D eigenvalue weighted by atomic mass is 10.1. The van der Waals surface area contributed by atoms with Gasteiger partial charge in [0.2, 0.25) is 10.0 Å². The Labute approximate surface area is 199 Å². The number of hydrogen-bond acceptors (Lipinski definition) is 7. The summed E-state index contributed by atoms with van der Waals surface area (Å²) in [6, 6.07) is 18.5. The van der Waals surface area contributed by atoms with E-state index in [0.29, 0.717) is 23.7 Å². The molecule has 0 aliphatic carbocycles. The maximum Gasteiger partial charge on any atom is 0.338 e. The summed E-state index contributed by atoms with van der Waals surface area (Å²) in [5.74, 6) is 0.451. The third-order valence-electron chi connectivity index (χ3n) is 4.93. The molecule has 8 nitrogen and oxygen atoms in total. The van der Waals surface area contributed by atoms with Gasteiger partial charge >= 0.3 is 5.97 Å². The maximum atomic E-state index is 12.8. The van der Waals surface area contributed by atoms with Gasteiger partial charge in [-0.25, -0.2) is 18.4 Å². The fourth-order valence-corrected chi connectivity index (χ4v) is 3.83. The highest BCUT2D eigenvalue weighted by atomic mass is 32.2. The highest BCUT2D eigenvalue weighted by Crippen LogP contribution is 2.37. The highest BCUT2D eigenvalue weighted by Gasteiger charge is 2.24. The average Bonchev–Trinajstić information content (AvgIpc) is 2.83. The van der Waals surface area contributed by atoms with Gasteiger partial charge in [0.15, 0.2) is 5.75 Å². The number of unbranched alkanes of at least 4 members (excludes halogenated alkanes) is 1. The number of carbonyl (C=O) groups is 1. The summed E-state index contributed by atoms with van der Waals surface area (Å²) in [5, 5.41) is 8.66. The van der Waals surface area contributed by atoms with Crippen LogP contribution >= 0.6 is 0 Å². The zero-order valence-corrected chi connectivity index (χ0v) is 19.9. The molecule has 180 valence electrons. The lowest BCUT2D eigenvalue weighted by molar-refractivity contribution is 0.0472. The van der Waals surface area contributed by atoms with Crippen molar-refractivity contribution in [1.29, 1.82) is 0 Å². The minimum Gasteiger partial charge on any atom is -0.497 e. The van der Waals surface area contributed by atoms with Crippen LogP contribution in [-0.2, 0) is 21.4 Å². The summed E-state index contributed by atoms with van der Waals surface area (Å²) < 4.78 is 41.3.